The Labute approximate surface area is 248 Å². The van der Waals surface area contributed by atoms with Crippen molar-refractivity contribution < 1.29 is 27.4 Å². The monoisotopic (exact) mass is 605 g/mol. The van der Waals surface area contributed by atoms with Crippen molar-refractivity contribution in [1.82, 2.24) is 29.5 Å². The lowest BCUT2D eigenvalue weighted by Crippen LogP contribution is -2.36. The minimum absolute atomic E-state index is 0.162. The Bertz CT molecular complexity index is 2000. The molecule has 0 saturated carbocycles. The van der Waals surface area contributed by atoms with Crippen LogP contribution in [-0.2, 0) is 18.0 Å². The average molecular weight is 606 g/mol. The van der Waals surface area contributed by atoms with E-state index in [1.807, 2.05) is 6.19 Å². The lowest BCUT2D eigenvalue weighted by atomic mass is 10.0. The third kappa shape index (κ3) is 5.82. The van der Waals surface area contributed by atoms with Crippen molar-refractivity contribution in [2.45, 2.75) is 32.5 Å². The van der Waals surface area contributed by atoms with E-state index in [9.17, 15) is 23.2 Å². The number of anilines is 1. The second-order valence-electron chi connectivity index (χ2n) is 10.6. The summed E-state index contributed by atoms with van der Waals surface area (Å²) in [6, 6.07) is 9.34. The summed E-state index contributed by atoms with van der Waals surface area (Å²) in [7, 11) is 3.21. The number of aryl methyl sites for hydroxylation is 1. The van der Waals surface area contributed by atoms with Crippen LogP contribution in [0.15, 0.2) is 60.0 Å². The predicted octanol–water partition coefficient (Wildman–Crippen LogP) is 5.23. The third-order valence-corrected chi connectivity index (χ3v) is 6.45. The molecular formula is C29H26F3N9O3. The van der Waals surface area contributed by atoms with Crippen LogP contribution in [-0.4, -0.2) is 42.9 Å². The van der Waals surface area contributed by atoms with Crippen LogP contribution in [0.5, 0.6) is 5.88 Å². The quantitative estimate of drug-likeness (QED) is 0.205. The van der Waals surface area contributed by atoms with Crippen molar-refractivity contribution in [3.63, 3.8) is 0 Å². The number of halogens is 3. The fourth-order valence-corrected chi connectivity index (χ4v) is 4.58. The van der Waals surface area contributed by atoms with Crippen molar-refractivity contribution in [1.29, 1.82) is 5.26 Å². The van der Waals surface area contributed by atoms with Crippen LogP contribution in [0, 0.1) is 11.5 Å². The number of methoxy groups -OCH3 is 1. The normalized spacial score (nSPS) is 12.3. The number of imidazole rings is 1. The number of nitriles is 1. The van der Waals surface area contributed by atoms with E-state index in [0.29, 0.717) is 39.1 Å². The van der Waals surface area contributed by atoms with Crippen molar-refractivity contribution in [3.05, 3.63) is 66.2 Å². The van der Waals surface area contributed by atoms with Crippen molar-refractivity contribution in [2.24, 2.45) is 12.0 Å². The summed E-state index contributed by atoms with van der Waals surface area (Å²) >= 11 is 0. The minimum atomic E-state index is -4.80. The molecular weight excluding hydrogens is 579 g/mol. The molecule has 15 heteroatoms. The van der Waals surface area contributed by atoms with Gasteiger partial charge in [0.25, 0.3) is 0 Å². The number of amides is 1. The Morgan fingerprint density at radius 3 is 2.43 bits per heavy atom. The number of ether oxygens (including phenoxy) is 2. The molecule has 0 unspecified atom stereocenters. The summed E-state index contributed by atoms with van der Waals surface area (Å²) < 4.78 is 56.0. The summed E-state index contributed by atoms with van der Waals surface area (Å²) in [4.78, 5) is 28.8. The molecule has 0 aliphatic carbocycles. The SMILES string of the molecule is COc1ccc(-n2c(=NC#N)n(C)c3cnc4ccc(-c5cnc(NNC(=O)OC(C)(C)C)c(C(F)(F)F)c5)cc4c32)cn1. The van der Waals surface area contributed by atoms with Crippen LogP contribution in [0.3, 0.4) is 0 Å². The van der Waals surface area contributed by atoms with E-state index in [0.717, 1.165) is 6.07 Å². The first kappa shape index (κ1) is 29.8. The summed E-state index contributed by atoms with van der Waals surface area (Å²) in [5, 5.41) is 10.0. The molecule has 5 rings (SSSR count). The lowest BCUT2D eigenvalue weighted by molar-refractivity contribution is -0.137. The molecule has 226 valence electrons. The van der Waals surface area contributed by atoms with E-state index in [-0.39, 0.29) is 11.2 Å². The molecule has 12 nitrogen and oxygen atoms in total. The zero-order valence-corrected chi connectivity index (χ0v) is 24.2. The number of nitrogens with one attached hydrogen (secondary N) is 2. The summed E-state index contributed by atoms with van der Waals surface area (Å²) in [6.45, 7) is 4.87. The average Bonchev–Trinajstić information content (AvgIpc) is 3.26. The number of benzene rings is 1. The van der Waals surface area contributed by atoms with E-state index in [1.165, 1.54) is 13.3 Å². The van der Waals surface area contributed by atoms with Gasteiger partial charge >= 0.3 is 12.3 Å². The van der Waals surface area contributed by atoms with Crippen molar-refractivity contribution in [2.75, 3.05) is 12.5 Å². The molecule has 5 aromatic rings. The molecule has 1 aromatic carbocycles. The van der Waals surface area contributed by atoms with Crippen molar-refractivity contribution >= 4 is 33.8 Å². The second kappa shape index (κ2) is 11.2. The van der Waals surface area contributed by atoms with Crippen LogP contribution in [0.1, 0.15) is 26.3 Å². The smallest absolute Gasteiger partial charge is 0.426 e. The predicted molar refractivity (Wildman–Crippen MR) is 154 cm³/mol. The number of carbonyl (C=O) groups is 1. The summed E-state index contributed by atoms with van der Waals surface area (Å²) in [6.07, 6.45) is 0.495. The Hall–Kier alpha value is -5.65. The first-order chi connectivity index (χ1) is 20.8. The minimum Gasteiger partial charge on any atom is -0.481 e. The Balaban J connectivity index is 1.66. The maximum atomic E-state index is 14.1. The molecule has 0 aliphatic rings. The highest BCUT2D eigenvalue weighted by atomic mass is 19.4. The van der Waals surface area contributed by atoms with E-state index < -0.39 is 29.3 Å². The van der Waals surface area contributed by atoms with Gasteiger partial charge in [0, 0.05) is 30.3 Å². The second-order valence-corrected chi connectivity index (χ2v) is 10.6. The van der Waals surface area contributed by atoms with Gasteiger partial charge in [-0.05, 0) is 50.6 Å². The van der Waals surface area contributed by atoms with E-state index in [2.05, 4.69) is 30.8 Å². The number of hydrazine groups is 1. The molecule has 44 heavy (non-hydrogen) atoms. The fourth-order valence-electron chi connectivity index (χ4n) is 4.58. The zero-order chi connectivity index (χ0) is 31.8. The Morgan fingerprint density at radius 1 is 1.02 bits per heavy atom. The lowest BCUT2D eigenvalue weighted by Gasteiger charge is -2.21. The zero-order valence-electron chi connectivity index (χ0n) is 24.2. The van der Waals surface area contributed by atoms with Gasteiger partial charge < -0.3 is 14.0 Å². The number of nitrogens with zero attached hydrogens (tertiary/aromatic N) is 7. The highest BCUT2D eigenvalue weighted by Gasteiger charge is 2.35. The number of fused-ring (bicyclic) bond motifs is 3. The summed E-state index contributed by atoms with van der Waals surface area (Å²) in [5.41, 5.74) is 5.53. The highest BCUT2D eigenvalue weighted by molar-refractivity contribution is 6.04. The van der Waals surface area contributed by atoms with Gasteiger partial charge in [-0.3, -0.25) is 15.0 Å². The first-order valence-corrected chi connectivity index (χ1v) is 13.1. The number of rotatable bonds is 5. The van der Waals surface area contributed by atoms with Gasteiger partial charge in [0.15, 0.2) is 5.82 Å². The number of hydrogen-bond acceptors (Lipinski definition) is 9. The Morgan fingerprint density at radius 2 is 1.80 bits per heavy atom. The molecule has 4 aromatic heterocycles. The maximum Gasteiger partial charge on any atom is 0.426 e. The van der Waals surface area contributed by atoms with E-state index >= 15 is 0 Å². The maximum absolute atomic E-state index is 14.1. The highest BCUT2D eigenvalue weighted by Crippen LogP contribution is 2.37. The molecule has 1 amide bonds. The molecule has 0 saturated heterocycles. The first-order valence-electron chi connectivity index (χ1n) is 13.1. The molecule has 0 atom stereocenters. The van der Waals surface area contributed by atoms with E-state index in [1.54, 1.807) is 79.7 Å². The van der Waals surface area contributed by atoms with Crippen LogP contribution < -0.4 is 21.2 Å². The number of alkyl halides is 3. The van der Waals surface area contributed by atoms with Gasteiger partial charge in [0.1, 0.15) is 11.2 Å². The Kier molecular flexibility index (Phi) is 7.60. The summed E-state index contributed by atoms with van der Waals surface area (Å²) in [5.74, 6) is -0.220. The molecule has 0 fully saturated rings. The third-order valence-electron chi connectivity index (χ3n) is 6.45. The van der Waals surface area contributed by atoms with Crippen LogP contribution in [0.2, 0.25) is 0 Å². The van der Waals surface area contributed by atoms with Gasteiger partial charge in [0.05, 0.1) is 41.7 Å². The van der Waals surface area contributed by atoms with Crippen LogP contribution >= 0.6 is 0 Å². The molecule has 0 aliphatic heterocycles. The topological polar surface area (TPSA) is 144 Å². The molecule has 4 heterocycles. The number of pyridine rings is 3. The molecule has 0 spiro atoms. The van der Waals surface area contributed by atoms with Crippen LogP contribution in [0.4, 0.5) is 23.8 Å². The van der Waals surface area contributed by atoms with E-state index in [4.69, 9.17) is 9.47 Å². The number of aromatic nitrogens is 5. The standard InChI is InChI=1S/C29H26F3N9O3/c1-28(2,3)44-27(42)39-38-25-20(29(30,31)32)11-17(12-36-25)16-6-8-21-19(10-16)24-22(14-34-21)40(4)26(37-15-33)41(24)18-7-9-23(43-5)35-13-18/h6-14H,1-5H3,(H,36,38)(H,39,42). The van der Waals surface area contributed by atoms with Gasteiger partial charge in [-0.25, -0.2) is 20.2 Å². The largest absolute Gasteiger partial charge is 0.481 e. The van der Waals surface area contributed by atoms with Gasteiger partial charge in [-0.15, -0.1) is 4.99 Å². The number of carbonyl (C=O) groups excluding carboxylic acids is 1. The fraction of sp³-hybridized carbons (Fsp3) is 0.241. The molecule has 0 bridgehead atoms. The van der Waals surface area contributed by atoms with Gasteiger partial charge in [-0.1, -0.05) is 6.07 Å². The van der Waals surface area contributed by atoms with Crippen LogP contribution in [0.25, 0.3) is 38.8 Å². The molecule has 0 radical (unpaired) electrons. The van der Waals surface area contributed by atoms with Crippen molar-refractivity contribution in [3.8, 4) is 28.9 Å². The van der Waals surface area contributed by atoms with Gasteiger partial charge in [-0.2, -0.15) is 18.4 Å². The molecule has 2 N–H and O–H groups in total. The number of hydrogen-bond donors (Lipinski definition) is 2. The van der Waals surface area contributed by atoms with Gasteiger partial charge in [0.2, 0.25) is 17.7 Å².